The normalized spacial score (nSPS) is 12.6. The monoisotopic (exact) mass is 281 g/mol. The van der Waals surface area contributed by atoms with Gasteiger partial charge in [-0.15, -0.1) is 0 Å². The molecule has 1 rings (SSSR count). The highest BCUT2D eigenvalue weighted by molar-refractivity contribution is 7.92. The lowest BCUT2D eigenvalue weighted by Crippen LogP contribution is -2.26. The maximum atomic E-state index is 13.1. The summed E-state index contributed by atoms with van der Waals surface area (Å²) in [7, 11) is -0.693. The Bertz CT molecular complexity index is 526. The van der Waals surface area contributed by atoms with E-state index in [0.717, 1.165) is 10.6 Å². The van der Waals surface area contributed by atoms with Crippen molar-refractivity contribution >= 4 is 25.0 Å². The fraction of sp³-hybridized carbons (Fsp3) is 0.400. The van der Waals surface area contributed by atoms with Crippen molar-refractivity contribution < 1.29 is 17.2 Å². The summed E-state index contributed by atoms with van der Waals surface area (Å²) in [6, 6.07) is 3.94. The predicted octanol–water partition coefficient (Wildman–Crippen LogP) is 2.32. The van der Waals surface area contributed by atoms with Gasteiger partial charge in [-0.25, -0.2) is 8.42 Å². The van der Waals surface area contributed by atoms with Crippen LogP contribution in [-0.4, -0.2) is 21.7 Å². The summed E-state index contributed by atoms with van der Waals surface area (Å²) in [6.07, 6.45) is 1.03. The van der Waals surface area contributed by atoms with Gasteiger partial charge in [0, 0.05) is 12.6 Å². The fourth-order valence-electron chi connectivity index (χ4n) is 1.33. The van der Waals surface area contributed by atoms with E-state index in [2.05, 4.69) is 0 Å². The number of hydrogen-bond donors (Lipinski definition) is 0. The Labute approximate surface area is 102 Å². The Balaban J connectivity index is 3.35. The molecule has 0 amide bonds. The maximum Gasteiger partial charge on any atom is 0.283 e. The van der Waals surface area contributed by atoms with Crippen LogP contribution >= 0.6 is 9.24 Å². The average Bonchev–Trinajstić information content (AvgIpc) is 2.14. The number of benzene rings is 1. The minimum atomic E-state index is -3.46. The Kier molecular flexibility index (Phi) is 3.79. The molecule has 0 aromatic heterocycles. The van der Waals surface area contributed by atoms with Crippen LogP contribution in [0.15, 0.2) is 18.2 Å². The van der Waals surface area contributed by atoms with Gasteiger partial charge in [-0.1, -0.05) is 21.4 Å². The van der Waals surface area contributed by atoms with Crippen molar-refractivity contribution in [1.29, 1.82) is 0 Å². The largest absolute Gasteiger partial charge is 0.283 e. The minimum Gasteiger partial charge on any atom is -0.273 e. The molecule has 0 spiro atoms. The molecule has 96 valence electrons. The van der Waals surface area contributed by atoms with Crippen LogP contribution in [0.2, 0.25) is 0 Å². The van der Waals surface area contributed by atoms with Gasteiger partial charge in [0.2, 0.25) is 10.0 Å². The van der Waals surface area contributed by atoms with Gasteiger partial charge in [0.05, 0.1) is 11.9 Å². The highest BCUT2D eigenvalue weighted by atomic mass is 32.2. The molecule has 1 aromatic rings. The van der Waals surface area contributed by atoms with Gasteiger partial charge >= 0.3 is 0 Å². The second kappa shape index (κ2) is 4.50. The Hall–Kier alpha value is -0.740. The Morgan fingerprint density at radius 3 is 2.29 bits per heavy atom. The molecule has 1 aromatic carbocycles. The van der Waals surface area contributed by atoms with E-state index < -0.39 is 15.7 Å². The van der Waals surface area contributed by atoms with Crippen molar-refractivity contribution in [3.05, 3.63) is 29.3 Å². The first-order chi connectivity index (χ1) is 7.53. The first-order valence-corrected chi connectivity index (χ1v) is 7.18. The van der Waals surface area contributed by atoms with Crippen molar-refractivity contribution in [2.24, 2.45) is 0 Å². The van der Waals surface area contributed by atoms with E-state index in [0.29, 0.717) is 5.56 Å². The molecule has 0 fully saturated rings. The molecule has 0 bridgehead atoms. The standard InChI is InChI=1S/C10H14F2NO2PS/c1-7-4-5-8(10(11,12)16)6-9(7)13(2)17(3,14)15/h4-6H,16H2,1-3H3. The van der Waals surface area contributed by atoms with Gasteiger partial charge < -0.3 is 0 Å². The zero-order valence-corrected chi connectivity index (χ0v) is 11.7. The molecule has 0 aliphatic rings. The lowest BCUT2D eigenvalue weighted by Gasteiger charge is -2.21. The quantitative estimate of drug-likeness (QED) is 0.797. The number of alkyl halides is 2. The van der Waals surface area contributed by atoms with Crippen molar-refractivity contribution in [1.82, 2.24) is 0 Å². The highest BCUT2D eigenvalue weighted by Crippen LogP contribution is 2.37. The van der Waals surface area contributed by atoms with Crippen LogP contribution in [0.25, 0.3) is 0 Å². The van der Waals surface area contributed by atoms with Gasteiger partial charge in [-0.2, -0.15) is 8.78 Å². The summed E-state index contributed by atoms with van der Waals surface area (Å²) in [5.74, 6) is 0. The molecule has 0 saturated heterocycles. The first kappa shape index (κ1) is 14.3. The number of halogens is 2. The number of anilines is 1. The first-order valence-electron chi connectivity index (χ1n) is 4.75. The van der Waals surface area contributed by atoms with E-state index in [1.165, 1.54) is 34.5 Å². The van der Waals surface area contributed by atoms with E-state index >= 15 is 0 Å². The summed E-state index contributed by atoms with van der Waals surface area (Å²) >= 11 is 0. The summed E-state index contributed by atoms with van der Waals surface area (Å²) < 4.78 is 50.0. The van der Waals surface area contributed by atoms with Gasteiger partial charge in [0.1, 0.15) is 0 Å². The lowest BCUT2D eigenvalue weighted by atomic mass is 10.1. The number of nitrogens with zero attached hydrogens (tertiary/aromatic N) is 1. The van der Waals surface area contributed by atoms with Crippen LogP contribution in [0, 0.1) is 6.92 Å². The van der Waals surface area contributed by atoms with Crippen molar-refractivity contribution in [2.75, 3.05) is 17.6 Å². The highest BCUT2D eigenvalue weighted by Gasteiger charge is 2.26. The van der Waals surface area contributed by atoms with Crippen LogP contribution in [0.5, 0.6) is 0 Å². The lowest BCUT2D eigenvalue weighted by molar-refractivity contribution is 0.104. The molecule has 0 heterocycles. The predicted molar refractivity (Wildman–Crippen MR) is 68.0 cm³/mol. The molecule has 3 nitrogen and oxygen atoms in total. The molecule has 17 heavy (non-hydrogen) atoms. The molecule has 0 aliphatic carbocycles. The smallest absolute Gasteiger partial charge is 0.273 e. The summed E-state index contributed by atoms with van der Waals surface area (Å²) in [5, 5.41) is 0. The third-order valence-corrected chi connectivity index (χ3v) is 3.96. The Morgan fingerprint density at radius 2 is 1.88 bits per heavy atom. The molecule has 1 unspecified atom stereocenters. The van der Waals surface area contributed by atoms with Crippen LogP contribution in [0.3, 0.4) is 0 Å². The number of hydrogen-bond acceptors (Lipinski definition) is 2. The molecule has 0 radical (unpaired) electrons. The van der Waals surface area contributed by atoms with E-state index in [4.69, 9.17) is 0 Å². The molecular weight excluding hydrogens is 267 g/mol. The topological polar surface area (TPSA) is 37.4 Å². The van der Waals surface area contributed by atoms with Gasteiger partial charge in [-0.05, 0) is 18.6 Å². The second-order valence-electron chi connectivity index (χ2n) is 3.85. The average molecular weight is 281 g/mol. The van der Waals surface area contributed by atoms with Gasteiger partial charge in [-0.3, -0.25) is 4.31 Å². The molecular formula is C10H14F2NO2PS. The summed E-state index contributed by atoms with van der Waals surface area (Å²) in [5.41, 5.74) is -2.43. The zero-order chi connectivity index (χ0) is 13.4. The van der Waals surface area contributed by atoms with Crippen molar-refractivity contribution in [3.8, 4) is 0 Å². The van der Waals surface area contributed by atoms with Crippen LogP contribution < -0.4 is 4.31 Å². The number of sulfonamides is 1. The minimum absolute atomic E-state index is 0.237. The van der Waals surface area contributed by atoms with Crippen LogP contribution in [-0.2, 0) is 15.7 Å². The van der Waals surface area contributed by atoms with Gasteiger partial charge in [0.25, 0.3) is 5.66 Å². The molecule has 0 N–H and O–H groups in total. The fourth-order valence-corrected chi connectivity index (χ4v) is 2.07. The van der Waals surface area contributed by atoms with Gasteiger partial charge in [0.15, 0.2) is 0 Å². The van der Waals surface area contributed by atoms with Crippen molar-refractivity contribution in [3.63, 3.8) is 0 Å². The van der Waals surface area contributed by atoms with Crippen molar-refractivity contribution in [2.45, 2.75) is 12.6 Å². The Morgan fingerprint density at radius 1 is 1.35 bits per heavy atom. The second-order valence-corrected chi connectivity index (χ2v) is 6.59. The maximum absolute atomic E-state index is 13.1. The number of rotatable bonds is 3. The van der Waals surface area contributed by atoms with Crippen LogP contribution in [0.4, 0.5) is 14.5 Å². The molecule has 1 atom stereocenters. The SMILES string of the molecule is Cc1ccc(C(F)(F)P)cc1N(C)S(C)(=O)=O. The third-order valence-electron chi connectivity index (χ3n) is 2.43. The van der Waals surface area contributed by atoms with Crippen LogP contribution in [0.1, 0.15) is 11.1 Å². The zero-order valence-electron chi connectivity index (χ0n) is 9.74. The summed E-state index contributed by atoms with van der Waals surface area (Å²) in [6.45, 7) is 1.67. The van der Waals surface area contributed by atoms with E-state index in [1.54, 1.807) is 6.92 Å². The third kappa shape index (κ3) is 3.36. The summed E-state index contributed by atoms with van der Waals surface area (Å²) in [4.78, 5) is 0. The van der Waals surface area contributed by atoms with E-state index in [-0.39, 0.29) is 11.3 Å². The van der Waals surface area contributed by atoms with E-state index in [9.17, 15) is 17.2 Å². The number of aryl methyl sites for hydroxylation is 1. The molecule has 0 aliphatic heterocycles. The van der Waals surface area contributed by atoms with E-state index in [1.807, 2.05) is 0 Å². The molecule has 0 saturated carbocycles. The molecule has 7 heteroatoms.